The van der Waals surface area contributed by atoms with Gasteiger partial charge in [0.2, 0.25) is 5.91 Å². The topological polar surface area (TPSA) is 50.6 Å². The van der Waals surface area contributed by atoms with Crippen LogP contribution < -0.4 is 4.74 Å². The normalized spacial score (nSPS) is 15.2. The van der Waals surface area contributed by atoms with Crippen molar-refractivity contribution in [1.29, 1.82) is 0 Å². The van der Waals surface area contributed by atoms with Crippen molar-refractivity contribution in [2.75, 3.05) is 39.8 Å². The lowest BCUT2D eigenvalue weighted by Crippen LogP contribution is -2.49. The molecular weight excluding hydrogens is 328 g/mol. The molecule has 1 saturated heterocycles. The molecule has 0 spiro atoms. The van der Waals surface area contributed by atoms with Gasteiger partial charge in [0.05, 0.1) is 19.7 Å². The number of methoxy groups -OCH3 is 1. The summed E-state index contributed by atoms with van der Waals surface area (Å²) < 4.78 is 7.19. The van der Waals surface area contributed by atoms with Crippen LogP contribution in [0.4, 0.5) is 0 Å². The first kappa shape index (κ1) is 18.5. The van der Waals surface area contributed by atoms with E-state index in [0.717, 1.165) is 57.0 Å². The molecule has 3 rings (SSSR count). The van der Waals surface area contributed by atoms with Crippen LogP contribution in [0.25, 0.3) is 0 Å². The third-order valence-electron chi connectivity index (χ3n) is 4.94. The van der Waals surface area contributed by atoms with Gasteiger partial charge in [0, 0.05) is 45.5 Å². The molecule has 0 N–H and O–H groups in total. The number of hydrogen-bond donors (Lipinski definition) is 0. The van der Waals surface area contributed by atoms with Crippen molar-refractivity contribution in [2.45, 2.75) is 26.3 Å². The minimum atomic E-state index is 0.196. The zero-order valence-electron chi connectivity index (χ0n) is 15.7. The summed E-state index contributed by atoms with van der Waals surface area (Å²) in [5.74, 6) is 0.994. The average molecular weight is 356 g/mol. The SMILES string of the molecule is CCn1cc(CCN2CCN(C(=O)Cc3cccc(OC)c3)CC2)cn1. The van der Waals surface area contributed by atoms with Gasteiger partial charge < -0.3 is 9.64 Å². The lowest BCUT2D eigenvalue weighted by atomic mass is 10.1. The molecule has 0 atom stereocenters. The number of benzene rings is 1. The van der Waals surface area contributed by atoms with Crippen molar-refractivity contribution in [2.24, 2.45) is 0 Å². The zero-order chi connectivity index (χ0) is 18.4. The molecule has 1 fully saturated rings. The van der Waals surface area contributed by atoms with Crippen LogP contribution in [0.15, 0.2) is 36.7 Å². The Balaban J connectivity index is 1.43. The first-order valence-electron chi connectivity index (χ1n) is 9.32. The van der Waals surface area contributed by atoms with Crippen LogP contribution in [0.5, 0.6) is 5.75 Å². The van der Waals surface area contributed by atoms with Gasteiger partial charge in [-0.2, -0.15) is 5.10 Å². The van der Waals surface area contributed by atoms with E-state index in [4.69, 9.17) is 4.74 Å². The minimum absolute atomic E-state index is 0.196. The van der Waals surface area contributed by atoms with E-state index in [2.05, 4.69) is 23.1 Å². The Morgan fingerprint density at radius 3 is 2.69 bits per heavy atom. The molecule has 2 aromatic rings. The number of ether oxygens (including phenoxy) is 1. The minimum Gasteiger partial charge on any atom is -0.497 e. The van der Waals surface area contributed by atoms with Gasteiger partial charge in [0.1, 0.15) is 5.75 Å². The van der Waals surface area contributed by atoms with Crippen LogP contribution in [0.3, 0.4) is 0 Å². The fourth-order valence-corrected chi connectivity index (χ4v) is 3.29. The summed E-state index contributed by atoms with van der Waals surface area (Å²) in [4.78, 5) is 17.0. The fraction of sp³-hybridized carbons (Fsp3) is 0.500. The Morgan fingerprint density at radius 2 is 2.00 bits per heavy atom. The number of piperazine rings is 1. The number of carbonyl (C=O) groups excluding carboxylic acids is 1. The van der Waals surface area contributed by atoms with Gasteiger partial charge in [-0.15, -0.1) is 0 Å². The molecule has 6 heteroatoms. The van der Waals surface area contributed by atoms with E-state index in [1.807, 2.05) is 40.0 Å². The second kappa shape index (κ2) is 8.85. The van der Waals surface area contributed by atoms with E-state index in [-0.39, 0.29) is 5.91 Å². The van der Waals surface area contributed by atoms with Gasteiger partial charge in [-0.25, -0.2) is 0 Å². The highest BCUT2D eigenvalue weighted by Gasteiger charge is 2.21. The van der Waals surface area contributed by atoms with Crippen LogP contribution in [0, 0.1) is 0 Å². The molecule has 1 aromatic carbocycles. The molecule has 0 bridgehead atoms. The lowest BCUT2D eigenvalue weighted by molar-refractivity contribution is -0.132. The van der Waals surface area contributed by atoms with Gasteiger partial charge >= 0.3 is 0 Å². The molecule has 0 saturated carbocycles. The van der Waals surface area contributed by atoms with E-state index in [9.17, 15) is 4.79 Å². The van der Waals surface area contributed by atoms with Crippen LogP contribution in [0.1, 0.15) is 18.1 Å². The number of hydrogen-bond acceptors (Lipinski definition) is 4. The predicted molar refractivity (Wildman–Crippen MR) is 101 cm³/mol. The number of amides is 1. The molecular formula is C20H28N4O2. The third kappa shape index (κ3) is 4.85. The van der Waals surface area contributed by atoms with Gasteiger partial charge in [-0.3, -0.25) is 14.4 Å². The summed E-state index contributed by atoms with van der Waals surface area (Å²) >= 11 is 0. The number of carbonyl (C=O) groups is 1. The molecule has 26 heavy (non-hydrogen) atoms. The number of nitrogens with zero attached hydrogens (tertiary/aromatic N) is 4. The molecule has 1 amide bonds. The van der Waals surface area contributed by atoms with E-state index in [0.29, 0.717) is 6.42 Å². The van der Waals surface area contributed by atoms with Crippen LogP contribution in [-0.2, 0) is 24.2 Å². The quantitative estimate of drug-likeness (QED) is 0.760. The predicted octanol–water partition coefficient (Wildman–Crippen LogP) is 1.84. The Bertz CT molecular complexity index is 720. The number of aryl methyl sites for hydroxylation is 1. The second-order valence-electron chi connectivity index (χ2n) is 6.71. The Kier molecular flexibility index (Phi) is 6.28. The highest BCUT2D eigenvalue weighted by molar-refractivity contribution is 5.79. The summed E-state index contributed by atoms with van der Waals surface area (Å²) in [5, 5.41) is 4.32. The first-order chi connectivity index (χ1) is 12.7. The summed E-state index contributed by atoms with van der Waals surface area (Å²) in [6, 6.07) is 7.74. The second-order valence-corrected chi connectivity index (χ2v) is 6.71. The maximum absolute atomic E-state index is 12.5. The highest BCUT2D eigenvalue weighted by Crippen LogP contribution is 2.14. The monoisotopic (exact) mass is 356 g/mol. The summed E-state index contributed by atoms with van der Waals surface area (Å²) in [6.45, 7) is 7.51. The van der Waals surface area contributed by atoms with E-state index in [1.165, 1.54) is 5.56 Å². The van der Waals surface area contributed by atoms with Crippen LogP contribution >= 0.6 is 0 Å². The molecule has 0 aliphatic carbocycles. The molecule has 2 heterocycles. The van der Waals surface area contributed by atoms with Crippen LogP contribution in [0.2, 0.25) is 0 Å². The standard InChI is InChI=1S/C20H28N4O2/c1-3-24-16-18(15-21-24)7-8-22-9-11-23(12-10-22)20(25)14-17-5-4-6-19(13-17)26-2/h4-6,13,15-16H,3,7-12,14H2,1-2H3. The summed E-state index contributed by atoms with van der Waals surface area (Å²) in [7, 11) is 1.65. The fourth-order valence-electron chi connectivity index (χ4n) is 3.29. The third-order valence-corrected chi connectivity index (χ3v) is 4.94. The highest BCUT2D eigenvalue weighted by atomic mass is 16.5. The largest absolute Gasteiger partial charge is 0.497 e. The van der Waals surface area contributed by atoms with E-state index >= 15 is 0 Å². The van der Waals surface area contributed by atoms with Crippen molar-refractivity contribution in [3.63, 3.8) is 0 Å². The van der Waals surface area contributed by atoms with Gasteiger partial charge in [-0.05, 0) is 36.6 Å². The molecule has 0 unspecified atom stereocenters. The summed E-state index contributed by atoms with van der Waals surface area (Å²) in [5.41, 5.74) is 2.29. The van der Waals surface area contributed by atoms with Gasteiger partial charge in [0.25, 0.3) is 0 Å². The molecule has 0 radical (unpaired) electrons. The molecule has 1 aliphatic heterocycles. The number of aromatic nitrogens is 2. The maximum atomic E-state index is 12.5. The van der Waals surface area contributed by atoms with Gasteiger partial charge in [0.15, 0.2) is 0 Å². The summed E-state index contributed by atoms with van der Waals surface area (Å²) in [6.07, 6.45) is 5.52. The molecule has 1 aromatic heterocycles. The Hall–Kier alpha value is -2.34. The van der Waals surface area contributed by atoms with Crippen molar-refractivity contribution in [3.05, 3.63) is 47.8 Å². The molecule has 6 nitrogen and oxygen atoms in total. The molecule has 140 valence electrons. The average Bonchev–Trinajstić information content (AvgIpc) is 3.15. The number of rotatable bonds is 7. The first-order valence-corrected chi connectivity index (χ1v) is 9.32. The van der Waals surface area contributed by atoms with Crippen molar-refractivity contribution in [3.8, 4) is 5.75 Å². The Labute approximate surface area is 155 Å². The van der Waals surface area contributed by atoms with Crippen molar-refractivity contribution in [1.82, 2.24) is 19.6 Å². The smallest absolute Gasteiger partial charge is 0.227 e. The Morgan fingerprint density at radius 1 is 1.19 bits per heavy atom. The molecule has 1 aliphatic rings. The van der Waals surface area contributed by atoms with E-state index in [1.54, 1.807) is 7.11 Å². The maximum Gasteiger partial charge on any atom is 0.227 e. The zero-order valence-corrected chi connectivity index (χ0v) is 15.7. The van der Waals surface area contributed by atoms with Crippen molar-refractivity contribution < 1.29 is 9.53 Å². The van der Waals surface area contributed by atoms with E-state index < -0.39 is 0 Å². The van der Waals surface area contributed by atoms with Crippen LogP contribution in [-0.4, -0.2) is 65.3 Å². The van der Waals surface area contributed by atoms with Crippen molar-refractivity contribution >= 4 is 5.91 Å². The van der Waals surface area contributed by atoms with Gasteiger partial charge in [-0.1, -0.05) is 12.1 Å². The lowest BCUT2D eigenvalue weighted by Gasteiger charge is -2.34.